The Kier molecular flexibility index (Phi) is 7.95. The Balaban J connectivity index is 2.17. The van der Waals surface area contributed by atoms with Crippen molar-refractivity contribution in [2.45, 2.75) is 45.1 Å². The molecular weight excluding hydrogens is 404 g/mol. The molecule has 0 amide bonds. The van der Waals surface area contributed by atoms with E-state index in [1.165, 1.54) is 0 Å². The Hall–Kier alpha value is -3.25. The van der Waals surface area contributed by atoms with Crippen LogP contribution in [0.25, 0.3) is 0 Å². The first-order chi connectivity index (χ1) is 15.5. The standard InChI is InChI=1S/C26H30N2O4/c1-4-5-16-31-18-26(21-12-8-6-9-13-21,22-14-10-7-11-15-22)23(24(29)30)32-25-27-19(2)17-20(3)28-25/h6-15,17,23H,4-5,16,18H2,1-3H3,(H,29,30). The van der Waals surface area contributed by atoms with E-state index < -0.39 is 17.5 Å². The van der Waals surface area contributed by atoms with Gasteiger partial charge in [0, 0.05) is 18.0 Å². The number of carboxylic acid groups (broad SMARTS) is 1. The van der Waals surface area contributed by atoms with Gasteiger partial charge in [-0.05, 0) is 37.5 Å². The monoisotopic (exact) mass is 434 g/mol. The van der Waals surface area contributed by atoms with E-state index in [2.05, 4.69) is 16.9 Å². The van der Waals surface area contributed by atoms with Crippen LogP contribution in [0.1, 0.15) is 42.3 Å². The fourth-order valence-corrected chi connectivity index (χ4v) is 3.88. The molecule has 0 aliphatic heterocycles. The first kappa shape index (κ1) is 23.4. The minimum atomic E-state index is -1.31. The quantitative estimate of drug-likeness (QED) is 0.440. The van der Waals surface area contributed by atoms with Crippen molar-refractivity contribution in [2.75, 3.05) is 13.2 Å². The number of benzene rings is 2. The molecule has 1 aromatic heterocycles. The molecule has 1 atom stereocenters. The van der Waals surface area contributed by atoms with E-state index in [1.54, 1.807) is 0 Å². The maximum atomic E-state index is 12.7. The van der Waals surface area contributed by atoms with Gasteiger partial charge in [0.25, 0.3) is 0 Å². The molecule has 2 aromatic carbocycles. The van der Waals surface area contributed by atoms with Crippen LogP contribution in [0.2, 0.25) is 0 Å². The fraction of sp³-hybridized carbons (Fsp3) is 0.346. The Morgan fingerprint density at radius 1 is 0.969 bits per heavy atom. The van der Waals surface area contributed by atoms with Crippen molar-refractivity contribution in [3.63, 3.8) is 0 Å². The van der Waals surface area contributed by atoms with E-state index in [4.69, 9.17) is 9.47 Å². The van der Waals surface area contributed by atoms with Crippen LogP contribution in [0.5, 0.6) is 6.01 Å². The van der Waals surface area contributed by atoms with E-state index in [0.29, 0.717) is 18.0 Å². The van der Waals surface area contributed by atoms with Gasteiger partial charge in [0.05, 0.1) is 12.0 Å². The lowest BCUT2D eigenvalue weighted by molar-refractivity contribution is -0.150. The molecule has 0 aliphatic rings. The van der Waals surface area contributed by atoms with Crippen LogP contribution in [0.15, 0.2) is 66.7 Å². The topological polar surface area (TPSA) is 81.5 Å². The van der Waals surface area contributed by atoms with Gasteiger partial charge in [-0.1, -0.05) is 74.0 Å². The van der Waals surface area contributed by atoms with Gasteiger partial charge in [0.1, 0.15) is 0 Å². The lowest BCUT2D eigenvalue weighted by Crippen LogP contribution is -2.52. The van der Waals surface area contributed by atoms with Gasteiger partial charge in [0.2, 0.25) is 6.10 Å². The summed E-state index contributed by atoms with van der Waals surface area (Å²) in [6.07, 6.45) is 0.562. The Morgan fingerprint density at radius 2 is 1.50 bits per heavy atom. The van der Waals surface area contributed by atoms with Crippen molar-refractivity contribution < 1.29 is 19.4 Å². The second-order valence-electron chi connectivity index (χ2n) is 7.88. The molecule has 6 nitrogen and oxygen atoms in total. The molecule has 0 spiro atoms. The number of carbonyl (C=O) groups is 1. The molecule has 3 rings (SSSR count). The average Bonchev–Trinajstić information content (AvgIpc) is 2.79. The summed E-state index contributed by atoms with van der Waals surface area (Å²) in [5.74, 6) is -1.11. The molecule has 1 N–H and O–H groups in total. The highest BCUT2D eigenvalue weighted by Gasteiger charge is 2.49. The molecule has 3 aromatic rings. The summed E-state index contributed by atoms with van der Waals surface area (Å²) in [5, 5.41) is 10.4. The molecule has 0 bridgehead atoms. The maximum Gasteiger partial charge on any atom is 0.346 e. The fourth-order valence-electron chi connectivity index (χ4n) is 3.88. The number of ether oxygens (including phenoxy) is 2. The second-order valence-corrected chi connectivity index (χ2v) is 7.88. The molecule has 1 unspecified atom stereocenters. The van der Waals surface area contributed by atoms with Gasteiger partial charge in [-0.25, -0.2) is 14.8 Å². The summed E-state index contributed by atoms with van der Waals surface area (Å²) in [5.41, 5.74) is 1.89. The van der Waals surface area contributed by atoms with Gasteiger partial charge in [0.15, 0.2) is 0 Å². The molecule has 32 heavy (non-hydrogen) atoms. The van der Waals surface area contributed by atoms with Crippen LogP contribution in [0.3, 0.4) is 0 Å². The van der Waals surface area contributed by atoms with Gasteiger partial charge in [-0.3, -0.25) is 0 Å². The summed E-state index contributed by atoms with van der Waals surface area (Å²) < 4.78 is 12.1. The number of aryl methyl sites for hydroxylation is 2. The predicted molar refractivity (Wildman–Crippen MR) is 123 cm³/mol. The minimum absolute atomic E-state index is 0.0414. The van der Waals surface area contributed by atoms with Crippen molar-refractivity contribution in [3.8, 4) is 6.01 Å². The summed E-state index contributed by atoms with van der Waals surface area (Å²) in [7, 11) is 0. The molecule has 0 radical (unpaired) electrons. The van der Waals surface area contributed by atoms with E-state index in [9.17, 15) is 9.90 Å². The molecule has 168 valence electrons. The highest BCUT2D eigenvalue weighted by Crippen LogP contribution is 2.38. The lowest BCUT2D eigenvalue weighted by atomic mass is 9.70. The third kappa shape index (κ3) is 5.32. The first-order valence-electron chi connectivity index (χ1n) is 10.9. The van der Waals surface area contributed by atoms with Crippen molar-refractivity contribution in [3.05, 3.63) is 89.2 Å². The number of carboxylic acids is 1. The minimum Gasteiger partial charge on any atom is -0.478 e. The highest BCUT2D eigenvalue weighted by atomic mass is 16.5. The van der Waals surface area contributed by atoms with Gasteiger partial charge in [-0.15, -0.1) is 0 Å². The lowest BCUT2D eigenvalue weighted by Gasteiger charge is -2.39. The zero-order chi connectivity index (χ0) is 23.0. The largest absolute Gasteiger partial charge is 0.478 e. The van der Waals surface area contributed by atoms with Crippen molar-refractivity contribution in [1.82, 2.24) is 9.97 Å². The first-order valence-corrected chi connectivity index (χ1v) is 10.9. The van der Waals surface area contributed by atoms with Crippen molar-refractivity contribution >= 4 is 5.97 Å². The molecule has 0 saturated carbocycles. The number of aliphatic carboxylic acids is 1. The smallest absolute Gasteiger partial charge is 0.346 e. The third-order valence-electron chi connectivity index (χ3n) is 5.41. The summed E-state index contributed by atoms with van der Waals surface area (Å²) >= 11 is 0. The van der Waals surface area contributed by atoms with Crippen LogP contribution in [-0.2, 0) is 14.9 Å². The predicted octanol–water partition coefficient (Wildman–Crippen LogP) is 4.73. The van der Waals surface area contributed by atoms with E-state index in [1.807, 2.05) is 80.6 Å². The number of unbranched alkanes of at least 4 members (excludes halogenated alkanes) is 1. The molecular formula is C26H30N2O4. The molecule has 6 heteroatoms. The number of aromatic nitrogens is 2. The summed E-state index contributed by atoms with van der Waals surface area (Å²) in [6, 6.07) is 20.9. The maximum absolute atomic E-state index is 12.7. The molecule has 1 heterocycles. The number of hydrogen-bond donors (Lipinski definition) is 1. The third-order valence-corrected chi connectivity index (χ3v) is 5.41. The Morgan fingerprint density at radius 3 is 1.97 bits per heavy atom. The zero-order valence-electron chi connectivity index (χ0n) is 18.8. The van der Waals surface area contributed by atoms with Gasteiger partial charge >= 0.3 is 12.0 Å². The SMILES string of the molecule is CCCCOCC(c1ccccc1)(c1ccccc1)C(Oc1nc(C)cc(C)n1)C(=O)O. The van der Waals surface area contributed by atoms with Gasteiger partial charge < -0.3 is 14.6 Å². The molecule has 0 saturated heterocycles. The van der Waals surface area contributed by atoms with Crippen LogP contribution in [0, 0.1) is 13.8 Å². The van der Waals surface area contributed by atoms with Crippen LogP contribution >= 0.6 is 0 Å². The normalized spacial score (nSPS) is 12.3. The number of rotatable bonds is 11. The molecule has 0 fully saturated rings. The van der Waals surface area contributed by atoms with Crippen LogP contribution < -0.4 is 4.74 Å². The second kappa shape index (κ2) is 10.9. The van der Waals surface area contributed by atoms with Crippen LogP contribution in [0.4, 0.5) is 0 Å². The highest BCUT2D eigenvalue weighted by molar-refractivity contribution is 5.77. The van der Waals surface area contributed by atoms with E-state index >= 15 is 0 Å². The summed E-state index contributed by atoms with van der Waals surface area (Å²) in [6.45, 7) is 6.41. The average molecular weight is 435 g/mol. The molecule has 0 aliphatic carbocycles. The van der Waals surface area contributed by atoms with E-state index in [-0.39, 0.29) is 12.6 Å². The Bertz CT molecular complexity index is 949. The number of hydrogen-bond acceptors (Lipinski definition) is 5. The van der Waals surface area contributed by atoms with Crippen molar-refractivity contribution in [2.24, 2.45) is 0 Å². The van der Waals surface area contributed by atoms with Gasteiger partial charge in [-0.2, -0.15) is 0 Å². The zero-order valence-corrected chi connectivity index (χ0v) is 18.8. The van der Waals surface area contributed by atoms with Crippen molar-refractivity contribution in [1.29, 1.82) is 0 Å². The van der Waals surface area contributed by atoms with Crippen LogP contribution in [-0.4, -0.2) is 40.4 Å². The Labute approximate surface area is 189 Å². The summed E-state index contributed by atoms with van der Waals surface area (Å²) in [4.78, 5) is 21.4. The number of nitrogens with zero attached hydrogens (tertiary/aromatic N) is 2. The van der Waals surface area contributed by atoms with E-state index in [0.717, 1.165) is 24.0 Å².